The Balaban J connectivity index is 0.000000276. The van der Waals surface area contributed by atoms with Crippen LogP contribution in [0.4, 0.5) is 9.59 Å². The predicted octanol–water partition coefficient (Wildman–Crippen LogP) is 11.6. The Labute approximate surface area is 456 Å². The van der Waals surface area contributed by atoms with Crippen LogP contribution in [0.5, 0.6) is 0 Å². The number of carbonyl (C=O) groups is 5. The van der Waals surface area contributed by atoms with Gasteiger partial charge in [-0.1, -0.05) is 144 Å². The first kappa shape index (κ1) is 59.4. The van der Waals surface area contributed by atoms with Gasteiger partial charge in [0.15, 0.2) is 11.1 Å². The standard InChI is InChI=1S/C39H47N3O5.C23H36N4O3/c1-26(2)24-39(28-16-8-7-9-17-28)35(44)42(36(41-39)40-37(45)47-38(4,5)6)22-14-15-27(3)23-34(43)46-25-33-31-20-12-10-18-29(31)30-19-11-13-21-32(30)33;1-16(2)15-23(18-12-8-7-9-13-18)19(28)27(14-10-11-17(3)24)20(26-23)25-21(29)30-22(4,5)6/h7-13,16-21,26-27,33H,14-15,22-25H2,1-6H3,(H,40,41,45);7-9,12-13,16-17H,10-11,14-15,24H2,1-6H3,(H,25,26,29)/t27-,39+;17-,23+/m00/s1. The summed E-state index contributed by atoms with van der Waals surface area (Å²) >= 11 is 0. The highest BCUT2D eigenvalue weighted by Crippen LogP contribution is 2.45. The third kappa shape index (κ3) is 15.4. The normalized spacial score (nSPS) is 18.9. The van der Waals surface area contributed by atoms with Crippen LogP contribution < -0.4 is 16.4 Å². The first-order valence-corrected chi connectivity index (χ1v) is 27.4. The van der Waals surface area contributed by atoms with E-state index in [1.54, 1.807) is 51.3 Å². The number of guanidine groups is 2. The van der Waals surface area contributed by atoms with E-state index in [4.69, 9.17) is 29.9 Å². The summed E-state index contributed by atoms with van der Waals surface area (Å²) in [5.74, 6) is 0.357. The van der Waals surface area contributed by atoms with Gasteiger partial charge in [-0.3, -0.25) is 34.8 Å². The SMILES string of the molecule is CC(C)C[C@]1(c2ccccc2)N=C(NC(=O)OC(C)(C)C)N(CCC[C@H](C)CC(=O)OCC2c3ccccc3-c3ccccc32)C1=O.CC(C)C[C@]1(c2ccccc2)N=C(NC(=O)OC(C)(C)C)N(CCC[C@H](C)N)C1=O. The monoisotopic (exact) mass is 1050 g/mol. The van der Waals surface area contributed by atoms with Gasteiger partial charge in [0.1, 0.15) is 17.8 Å². The third-order valence-electron chi connectivity index (χ3n) is 13.4. The molecular weight excluding hydrogens is 971 g/mol. The van der Waals surface area contributed by atoms with E-state index >= 15 is 0 Å². The van der Waals surface area contributed by atoms with Gasteiger partial charge in [0.2, 0.25) is 11.9 Å². The van der Waals surface area contributed by atoms with Gasteiger partial charge in [-0.25, -0.2) is 19.6 Å². The van der Waals surface area contributed by atoms with Crippen LogP contribution in [0.1, 0.15) is 156 Å². The van der Waals surface area contributed by atoms with Crippen LogP contribution in [0, 0.1) is 17.8 Å². The summed E-state index contributed by atoms with van der Waals surface area (Å²) < 4.78 is 16.7. The molecule has 0 unspecified atom stereocenters. The first-order chi connectivity index (χ1) is 36.3. The number of esters is 1. The Morgan fingerprint density at radius 1 is 0.597 bits per heavy atom. The van der Waals surface area contributed by atoms with Gasteiger partial charge in [0, 0.05) is 31.5 Å². The Morgan fingerprint density at radius 3 is 1.38 bits per heavy atom. The van der Waals surface area contributed by atoms with Crippen molar-refractivity contribution < 1.29 is 38.2 Å². The van der Waals surface area contributed by atoms with Gasteiger partial charge >= 0.3 is 18.2 Å². The quantitative estimate of drug-likeness (QED) is 0.0642. The van der Waals surface area contributed by atoms with E-state index in [1.165, 1.54) is 22.3 Å². The number of alkyl carbamates (subject to hydrolysis) is 2. The van der Waals surface area contributed by atoms with E-state index in [1.807, 2.05) is 98.8 Å². The van der Waals surface area contributed by atoms with Crippen molar-refractivity contribution in [3.05, 3.63) is 131 Å². The van der Waals surface area contributed by atoms with Crippen LogP contribution in [0.15, 0.2) is 119 Å². The maximum atomic E-state index is 14.2. The molecule has 0 aromatic heterocycles. The van der Waals surface area contributed by atoms with Crippen molar-refractivity contribution in [3.63, 3.8) is 0 Å². The molecule has 414 valence electrons. The number of amides is 4. The molecule has 0 fully saturated rings. The lowest BCUT2D eigenvalue weighted by Gasteiger charge is -2.28. The summed E-state index contributed by atoms with van der Waals surface area (Å²) in [5, 5.41) is 5.48. The highest BCUT2D eigenvalue weighted by Gasteiger charge is 2.52. The second-order valence-electron chi connectivity index (χ2n) is 23.7. The number of nitrogens with one attached hydrogen (secondary N) is 2. The molecule has 4 aromatic rings. The van der Waals surface area contributed by atoms with E-state index in [0.29, 0.717) is 51.8 Å². The molecule has 0 saturated heterocycles. The zero-order valence-electron chi connectivity index (χ0n) is 47.5. The number of nitrogens with two attached hydrogens (primary N) is 1. The van der Waals surface area contributed by atoms with Gasteiger partial charge in [0.25, 0.3) is 11.8 Å². The average molecular weight is 1050 g/mol. The number of rotatable bonds is 18. The van der Waals surface area contributed by atoms with Crippen LogP contribution in [0.3, 0.4) is 0 Å². The lowest BCUT2D eigenvalue weighted by atomic mass is 9.82. The van der Waals surface area contributed by atoms with Gasteiger partial charge in [-0.2, -0.15) is 0 Å². The lowest BCUT2D eigenvalue weighted by molar-refractivity contribution is -0.145. The number of ether oxygens (including phenoxy) is 3. The first-order valence-electron chi connectivity index (χ1n) is 27.4. The number of nitrogens with zero attached hydrogens (tertiary/aromatic N) is 4. The number of hydrogen-bond donors (Lipinski definition) is 3. The van der Waals surface area contributed by atoms with Crippen LogP contribution in [-0.4, -0.2) is 88.6 Å². The maximum Gasteiger partial charge on any atom is 0.414 e. The minimum Gasteiger partial charge on any atom is -0.465 e. The molecule has 4 amide bonds. The smallest absolute Gasteiger partial charge is 0.414 e. The van der Waals surface area contributed by atoms with E-state index in [9.17, 15) is 24.0 Å². The van der Waals surface area contributed by atoms with Gasteiger partial charge in [-0.15, -0.1) is 0 Å². The molecule has 15 heteroatoms. The van der Waals surface area contributed by atoms with Gasteiger partial charge < -0.3 is 19.9 Å². The maximum absolute atomic E-state index is 14.2. The van der Waals surface area contributed by atoms with Gasteiger partial charge in [0.05, 0.1) is 0 Å². The fourth-order valence-corrected chi connectivity index (χ4v) is 10.3. The summed E-state index contributed by atoms with van der Waals surface area (Å²) in [6.45, 7) is 24.0. The highest BCUT2D eigenvalue weighted by molar-refractivity contribution is 6.12. The number of hydrogen-bond acceptors (Lipinski definition) is 11. The third-order valence-corrected chi connectivity index (χ3v) is 13.4. The van der Waals surface area contributed by atoms with Crippen molar-refractivity contribution >= 4 is 41.9 Å². The molecule has 15 nitrogen and oxygen atoms in total. The minimum atomic E-state index is -1.15. The van der Waals surface area contributed by atoms with Crippen LogP contribution >= 0.6 is 0 Å². The molecular formula is C62H83N7O8. The molecule has 7 rings (SSSR count). The molecule has 0 saturated carbocycles. The molecule has 0 radical (unpaired) electrons. The van der Waals surface area contributed by atoms with Crippen LogP contribution in [-0.2, 0) is 39.7 Å². The predicted molar refractivity (Wildman–Crippen MR) is 303 cm³/mol. The fourth-order valence-electron chi connectivity index (χ4n) is 10.3. The van der Waals surface area contributed by atoms with Crippen LogP contribution in [0.2, 0.25) is 0 Å². The largest absolute Gasteiger partial charge is 0.465 e. The molecule has 77 heavy (non-hydrogen) atoms. The van der Waals surface area contributed by atoms with Crippen molar-refractivity contribution in [2.75, 3.05) is 19.7 Å². The summed E-state index contributed by atoms with van der Waals surface area (Å²) in [6.07, 6.45) is 2.81. The average Bonchev–Trinajstić information content (AvgIpc) is 3.92. The summed E-state index contributed by atoms with van der Waals surface area (Å²) in [7, 11) is 0. The molecule has 0 bridgehead atoms. The van der Waals surface area contributed by atoms with Crippen molar-refractivity contribution in [3.8, 4) is 11.1 Å². The second-order valence-corrected chi connectivity index (χ2v) is 23.7. The number of carbonyl (C=O) groups excluding carboxylic acids is 5. The Kier molecular flexibility index (Phi) is 19.7. The molecule has 2 heterocycles. The number of fused-ring (bicyclic) bond motifs is 3. The van der Waals surface area contributed by atoms with E-state index < -0.39 is 34.5 Å². The molecule has 2 aliphatic heterocycles. The zero-order chi connectivity index (χ0) is 56.3. The van der Waals surface area contributed by atoms with E-state index in [-0.39, 0.29) is 65.8 Å². The molecule has 4 aromatic carbocycles. The minimum absolute atomic E-state index is 0.0220. The molecule has 0 spiro atoms. The number of benzene rings is 4. The molecule has 4 N–H and O–H groups in total. The number of aliphatic imine (C=N–C) groups is 2. The van der Waals surface area contributed by atoms with Gasteiger partial charge in [-0.05, 0) is 138 Å². The fraction of sp³-hybridized carbons (Fsp3) is 0.500. The molecule has 3 aliphatic rings. The van der Waals surface area contributed by atoms with Crippen molar-refractivity contribution in [2.45, 2.75) is 162 Å². The van der Waals surface area contributed by atoms with Crippen molar-refractivity contribution in [1.29, 1.82) is 0 Å². The van der Waals surface area contributed by atoms with E-state index in [2.05, 4.69) is 62.6 Å². The summed E-state index contributed by atoms with van der Waals surface area (Å²) in [5.41, 5.74) is 8.69. The van der Waals surface area contributed by atoms with Crippen molar-refractivity contribution in [2.24, 2.45) is 33.5 Å². The molecule has 1 aliphatic carbocycles. The Morgan fingerprint density at radius 2 is 0.987 bits per heavy atom. The summed E-state index contributed by atoms with van der Waals surface area (Å²) in [6, 6.07) is 35.7. The summed E-state index contributed by atoms with van der Waals surface area (Å²) in [4.78, 5) is 79.0. The highest BCUT2D eigenvalue weighted by atomic mass is 16.6. The Bertz CT molecular complexity index is 2700. The molecule has 4 atom stereocenters. The Hall–Kier alpha value is -6.87. The lowest BCUT2D eigenvalue weighted by Crippen LogP contribution is -2.48. The topological polar surface area (TPSA) is 194 Å². The second kappa shape index (κ2) is 25.5. The van der Waals surface area contributed by atoms with Crippen molar-refractivity contribution in [1.82, 2.24) is 20.4 Å². The van der Waals surface area contributed by atoms with E-state index in [0.717, 1.165) is 17.5 Å². The van der Waals surface area contributed by atoms with Crippen LogP contribution in [0.25, 0.3) is 11.1 Å². The zero-order valence-corrected chi connectivity index (χ0v) is 47.5.